The van der Waals surface area contributed by atoms with E-state index in [4.69, 9.17) is 4.98 Å². The third kappa shape index (κ3) is 3.64. The number of carbonyl (C=O) groups is 1. The first-order valence-corrected chi connectivity index (χ1v) is 11.1. The van der Waals surface area contributed by atoms with E-state index in [0.29, 0.717) is 23.0 Å². The Morgan fingerprint density at radius 3 is 2.41 bits per heavy atom. The molecule has 0 bridgehead atoms. The van der Waals surface area contributed by atoms with Gasteiger partial charge in [0.1, 0.15) is 5.69 Å². The lowest BCUT2D eigenvalue weighted by atomic mass is 9.99. The fourth-order valence-corrected chi connectivity index (χ4v) is 4.41. The molecule has 0 atom stereocenters. The Morgan fingerprint density at radius 2 is 1.66 bits per heavy atom. The number of nitrogens with one attached hydrogen (secondary N) is 1. The van der Waals surface area contributed by atoms with Gasteiger partial charge in [-0.25, -0.2) is 4.98 Å². The predicted octanol–water partition coefficient (Wildman–Crippen LogP) is 4.81. The first-order chi connectivity index (χ1) is 15.5. The zero-order valence-corrected chi connectivity index (χ0v) is 18.7. The number of rotatable bonds is 3. The van der Waals surface area contributed by atoms with Crippen molar-refractivity contribution in [3.05, 3.63) is 60.3 Å². The number of piperidine rings is 1. The molecule has 0 unspecified atom stereocenters. The number of hydrogen-bond donors (Lipinski definition) is 1. The Kier molecular flexibility index (Phi) is 5.17. The second-order valence-corrected chi connectivity index (χ2v) is 8.68. The van der Waals surface area contributed by atoms with Crippen molar-refractivity contribution >= 4 is 40.4 Å². The molecule has 7 nitrogen and oxygen atoms in total. The molecule has 1 fully saturated rings. The SMILES string of the molecule is CC1CCN(c2ccc(Nc3ncc4c(n3)N(C)c3ccccc3C(=O)N4C)cc2)CC1. The number of carbonyl (C=O) groups excluding carboxylic acids is 1. The highest BCUT2D eigenvalue weighted by atomic mass is 16.2. The van der Waals surface area contributed by atoms with Crippen LogP contribution >= 0.6 is 0 Å². The minimum atomic E-state index is -0.0711. The Hall–Kier alpha value is -3.61. The summed E-state index contributed by atoms with van der Waals surface area (Å²) in [7, 11) is 3.68. The van der Waals surface area contributed by atoms with Crippen LogP contribution in [0.15, 0.2) is 54.7 Å². The Morgan fingerprint density at radius 1 is 0.938 bits per heavy atom. The van der Waals surface area contributed by atoms with Gasteiger partial charge in [-0.1, -0.05) is 19.1 Å². The summed E-state index contributed by atoms with van der Waals surface area (Å²) in [5, 5.41) is 3.31. The van der Waals surface area contributed by atoms with Gasteiger partial charge in [-0.2, -0.15) is 4.98 Å². The summed E-state index contributed by atoms with van der Waals surface area (Å²) in [6.45, 7) is 4.55. The van der Waals surface area contributed by atoms with E-state index in [9.17, 15) is 4.79 Å². The molecule has 0 spiro atoms. The molecule has 5 rings (SSSR count). The average Bonchev–Trinajstić information content (AvgIpc) is 2.90. The topological polar surface area (TPSA) is 64.6 Å². The van der Waals surface area contributed by atoms with E-state index in [1.165, 1.54) is 18.5 Å². The quantitative estimate of drug-likeness (QED) is 0.646. The summed E-state index contributed by atoms with van der Waals surface area (Å²) in [6, 6.07) is 16.0. The molecule has 2 aromatic carbocycles. The Bertz CT molecular complexity index is 1140. The van der Waals surface area contributed by atoms with E-state index in [2.05, 4.69) is 46.4 Å². The van der Waals surface area contributed by atoms with Crippen LogP contribution in [0, 0.1) is 5.92 Å². The maximum absolute atomic E-state index is 12.9. The van der Waals surface area contributed by atoms with Crippen LogP contribution in [0.25, 0.3) is 0 Å². The van der Waals surface area contributed by atoms with Gasteiger partial charge in [0.2, 0.25) is 5.95 Å². The Labute approximate surface area is 188 Å². The van der Waals surface area contributed by atoms with Gasteiger partial charge in [-0.3, -0.25) is 4.79 Å². The van der Waals surface area contributed by atoms with Crippen LogP contribution in [0.5, 0.6) is 0 Å². The monoisotopic (exact) mass is 428 g/mol. The molecular formula is C25H28N6O. The fraction of sp³-hybridized carbons (Fsp3) is 0.320. The molecule has 1 N–H and O–H groups in total. The van der Waals surface area contributed by atoms with Gasteiger partial charge in [-0.05, 0) is 55.2 Å². The van der Waals surface area contributed by atoms with Gasteiger partial charge in [0, 0.05) is 38.6 Å². The summed E-state index contributed by atoms with van der Waals surface area (Å²) < 4.78 is 0. The maximum atomic E-state index is 12.9. The molecule has 0 saturated carbocycles. The zero-order valence-electron chi connectivity index (χ0n) is 18.7. The molecule has 164 valence electrons. The highest BCUT2D eigenvalue weighted by Gasteiger charge is 2.28. The third-order valence-electron chi connectivity index (χ3n) is 6.50. The molecule has 2 aliphatic heterocycles. The van der Waals surface area contributed by atoms with Crippen LogP contribution in [0.4, 0.5) is 34.5 Å². The molecule has 1 saturated heterocycles. The summed E-state index contributed by atoms with van der Waals surface area (Å²) >= 11 is 0. The highest BCUT2D eigenvalue weighted by Crippen LogP contribution is 2.38. The minimum absolute atomic E-state index is 0.0711. The van der Waals surface area contributed by atoms with Gasteiger partial charge >= 0.3 is 0 Å². The Balaban J connectivity index is 1.40. The van der Waals surface area contributed by atoms with Crippen LogP contribution in [0.3, 0.4) is 0 Å². The van der Waals surface area contributed by atoms with Crippen LogP contribution < -0.4 is 20.0 Å². The van der Waals surface area contributed by atoms with E-state index < -0.39 is 0 Å². The molecule has 0 aliphatic carbocycles. The van der Waals surface area contributed by atoms with Crippen LogP contribution in [-0.2, 0) is 0 Å². The van der Waals surface area contributed by atoms with Crippen LogP contribution in [0.2, 0.25) is 0 Å². The molecule has 1 aromatic heterocycles. The third-order valence-corrected chi connectivity index (χ3v) is 6.50. The molecule has 1 amide bonds. The van der Waals surface area contributed by atoms with E-state index in [1.54, 1.807) is 18.1 Å². The number of anilines is 6. The van der Waals surface area contributed by atoms with Crippen molar-refractivity contribution in [1.82, 2.24) is 9.97 Å². The maximum Gasteiger partial charge on any atom is 0.260 e. The summed E-state index contributed by atoms with van der Waals surface area (Å²) in [5.74, 6) is 1.92. The van der Waals surface area contributed by atoms with Gasteiger partial charge in [0.25, 0.3) is 5.91 Å². The standard InChI is InChI=1S/C25H28N6O/c1-17-12-14-31(15-13-17)19-10-8-18(9-11-19)27-25-26-16-22-23(28-25)29(2)21-7-5-4-6-20(21)24(32)30(22)3/h4-11,16-17H,12-15H2,1-3H3,(H,26,27,28). The number of amides is 1. The zero-order chi connectivity index (χ0) is 22.2. The largest absolute Gasteiger partial charge is 0.372 e. The number of hydrogen-bond acceptors (Lipinski definition) is 6. The van der Waals surface area contributed by atoms with Crippen molar-refractivity contribution in [2.24, 2.45) is 5.92 Å². The van der Waals surface area contributed by atoms with Crippen molar-refractivity contribution in [2.45, 2.75) is 19.8 Å². The van der Waals surface area contributed by atoms with E-state index in [1.807, 2.05) is 36.2 Å². The number of aromatic nitrogens is 2. The highest BCUT2D eigenvalue weighted by molar-refractivity contribution is 6.13. The van der Waals surface area contributed by atoms with Crippen molar-refractivity contribution in [2.75, 3.05) is 47.2 Å². The summed E-state index contributed by atoms with van der Waals surface area (Å²) in [6.07, 6.45) is 4.20. The molecule has 3 heterocycles. The summed E-state index contributed by atoms with van der Waals surface area (Å²) in [4.78, 5) is 28.2. The molecule has 0 radical (unpaired) electrons. The number of benzene rings is 2. The molecular weight excluding hydrogens is 400 g/mol. The molecule has 2 aliphatic rings. The van der Waals surface area contributed by atoms with E-state index in [0.717, 1.165) is 30.4 Å². The van der Waals surface area contributed by atoms with Crippen molar-refractivity contribution in [3.8, 4) is 0 Å². The molecule has 32 heavy (non-hydrogen) atoms. The second-order valence-electron chi connectivity index (χ2n) is 8.68. The number of fused-ring (bicyclic) bond motifs is 2. The number of nitrogens with zero attached hydrogens (tertiary/aromatic N) is 5. The van der Waals surface area contributed by atoms with Crippen molar-refractivity contribution < 1.29 is 4.79 Å². The first-order valence-electron chi connectivity index (χ1n) is 11.1. The predicted molar refractivity (Wildman–Crippen MR) is 130 cm³/mol. The van der Waals surface area contributed by atoms with Gasteiger partial charge in [0.15, 0.2) is 5.82 Å². The van der Waals surface area contributed by atoms with Gasteiger partial charge in [-0.15, -0.1) is 0 Å². The average molecular weight is 429 g/mol. The lowest BCUT2D eigenvalue weighted by Crippen LogP contribution is -2.32. The second kappa shape index (κ2) is 8.15. The minimum Gasteiger partial charge on any atom is -0.372 e. The van der Waals surface area contributed by atoms with Crippen molar-refractivity contribution in [3.63, 3.8) is 0 Å². The van der Waals surface area contributed by atoms with E-state index >= 15 is 0 Å². The first kappa shape index (κ1) is 20.3. The van der Waals surface area contributed by atoms with E-state index in [-0.39, 0.29) is 5.91 Å². The lowest BCUT2D eigenvalue weighted by Gasteiger charge is -2.32. The molecule has 3 aromatic rings. The fourth-order valence-electron chi connectivity index (χ4n) is 4.41. The van der Waals surface area contributed by atoms with Crippen LogP contribution in [0.1, 0.15) is 30.1 Å². The van der Waals surface area contributed by atoms with Gasteiger partial charge in [0.05, 0.1) is 17.4 Å². The van der Waals surface area contributed by atoms with Crippen molar-refractivity contribution in [1.29, 1.82) is 0 Å². The normalized spacial score (nSPS) is 16.5. The number of para-hydroxylation sites is 1. The van der Waals surface area contributed by atoms with Gasteiger partial charge < -0.3 is 20.0 Å². The summed E-state index contributed by atoms with van der Waals surface area (Å²) in [5.41, 5.74) is 4.33. The molecule has 7 heteroatoms. The lowest BCUT2D eigenvalue weighted by molar-refractivity contribution is 0.0994. The smallest absolute Gasteiger partial charge is 0.260 e. The van der Waals surface area contributed by atoms with Crippen LogP contribution in [-0.4, -0.2) is 43.1 Å².